The quantitative estimate of drug-likeness (QED) is 0.795. The second-order valence-electron chi connectivity index (χ2n) is 7.60. The van der Waals surface area contributed by atoms with Crippen LogP contribution in [0.5, 0.6) is 0 Å². The molecule has 5 heteroatoms. The molecule has 2 aliphatic heterocycles. The van der Waals surface area contributed by atoms with E-state index in [0.717, 1.165) is 45.7 Å². The van der Waals surface area contributed by atoms with Crippen molar-refractivity contribution in [3.8, 4) is 0 Å². The molecule has 2 amide bonds. The van der Waals surface area contributed by atoms with Crippen molar-refractivity contribution in [2.75, 3.05) is 52.4 Å². The fraction of sp³-hybridized carbons (Fsp3) is 0.667. The first-order chi connectivity index (χ1) is 12.7. The Morgan fingerprint density at radius 3 is 2.38 bits per heavy atom. The van der Waals surface area contributed by atoms with Gasteiger partial charge >= 0.3 is 6.03 Å². The number of hydrogen-bond acceptors (Lipinski definition) is 3. The van der Waals surface area contributed by atoms with Crippen molar-refractivity contribution in [1.82, 2.24) is 20.0 Å². The van der Waals surface area contributed by atoms with Crippen LogP contribution in [0.2, 0.25) is 0 Å². The van der Waals surface area contributed by atoms with Gasteiger partial charge in [-0.05, 0) is 51.4 Å². The number of urea groups is 1. The Morgan fingerprint density at radius 2 is 1.69 bits per heavy atom. The molecule has 1 aromatic rings. The van der Waals surface area contributed by atoms with Gasteiger partial charge in [0.15, 0.2) is 0 Å². The maximum absolute atomic E-state index is 12.4. The molecule has 2 fully saturated rings. The van der Waals surface area contributed by atoms with E-state index in [9.17, 15) is 4.79 Å². The number of nitrogens with zero attached hydrogens (tertiary/aromatic N) is 3. The molecule has 2 heterocycles. The molecule has 1 aromatic carbocycles. The molecule has 0 aliphatic carbocycles. The van der Waals surface area contributed by atoms with Crippen molar-refractivity contribution in [3.63, 3.8) is 0 Å². The first-order valence-electron chi connectivity index (χ1n) is 10.3. The molecular formula is C21H34N4O. The molecule has 5 nitrogen and oxygen atoms in total. The van der Waals surface area contributed by atoms with Crippen LogP contribution in [0.25, 0.3) is 0 Å². The lowest BCUT2D eigenvalue weighted by molar-refractivity contribution is 0.114. The Morgan fingerprint density at radius 1 is 1.00 bits per heavy atom. The van der Waals surface area contributed by atoms with Crippen molar-refractivity contribution < 1.29 is 4.79 Å². The van der Waals surface area contributed by atoms with Gasteiger partial charge in [0.1, 0.15) is 0 Å². The molecule has 2 aliphatic rings. The third-order valence-electron chi connectivity index (χ3n) is 5.81. The maximum atomic E-state index is 12.4. The first-order valence-corrected chi connectivity index (χ1v) is 10.3. The highest BCUT2D eigenvalue weighted by molar-refractivity contribution is 5.74. The summed E-state index contributed by atoms with van der Waals surface area (Å²) < 4.78 is 0. The summed E-state index contributed by atoms with van der Waals surface area (Å²) >= 11 is 0. The monoisotopic (exact) mass is 358 g/mol. The number of carbonyl (C=O) groups is 1. The van der Waals surface area contributed by atoms with Crippen LogP contribution in [0, 0.1) is 0 Å². The zero-order valence-electron chi connectivity index (χ0n) is 16.2. The van der Waals surface area contributed by atoms with Gasteiger partial charge < -0.3 is 15.1 Å². The van der Waals surface area contributed by atoms with Crippen LogP contribution in [0.4, 0.5) is 4.79 Å². The zero-order chi connectivity index (χ0) is 18.2. The van der Waals surface area contributed by atoms with E-state index in [1.165, 1.54) is 37.9 Å². The van der Waals surface area contributed by atoms with Crippen LogP contribution in [0.3, 0.4) is 0 Å². The molecule has 26 heavy (non-hydrogen) atoms. The molecule has 0 saturated carbocycles. The summed E-state index contributed by atoms with van der Waals surface area (Å²) in [6.45, 7) is 10.1. The van der Waals surface area contributed by atoms with Crippen molar-refractivity contribution in [2.45, 2.75) is 38.6 Å². The molecule has 0 radical (unpaired) electrons. The number of piperazine rings is 1. The summed E-state index contributed by atoms with van der Waals surface area (Å²) in [5.41, 5.74) is 1.35. The third-order valence-corrected chi connectivity index (χ3v) is 5.81. The van der Waals surface area contributed by atoms with E-state index < -0.39 is 0 Å². The summed E-state index contributed by atoms with van der Waals surface area (Å²) in [5, 5.41) is 3.11. The molecule has 0 bridgehead atoms. The van der Waals surface area contributed by atoms with E-state index in [4.69, 9.17) is 0 Å². The van der Waals surface area contributed by atoms with Crippen molar-refractivity contribution in [2.24, 2.45) is 0 Å². The molecule has 3 rings (SSSR count). The Balaban J connectivity index is 1.33. The smallest absolute Gasteiger partial charge is 0.317 e. The van der Waals surface area contributed by atoms with E-state index in [1.807, 2.05) is 4.90 Å². The fourth-order valence-corrected chi connectivity index (χ4v) is 4.05. The first kappa shape index (κ1) is 19.2. The number of amides is 2. The minimum Gasteiger partial charge on any atom is -0.338 e. The summed E-state index contributed by atoms with van der Waals surface area (Å²) in [6.07, 6.45) is 5.09. The lowest BCUT2D eigenvalue weighted by Gasteiger charge is -2.38. The Bertz CT molecular complexity index is 536. The predicted octanol–water partition coefficient (Wildman–Crippen LogP) is 2.95. The van der Waals surface area contributed by atoms with Crippen LogP contribution >= 0.6 is 0 Å². The molecule has 0 aromatic heterocycles. The standard InChI is InChI=1S/C21H34N4O/c1-19(20-9-4-2-5-10-20)24-15-17-25(18-16-24)21(26)22-11-8-14-23-12-6-3-7-13-23/h2,4-5,9-10,19H,3,6-8,11-18H2,1H3,(H,22,26). The van der Waals surface area contributed by atoms with Crippen molar-refractivity contribution in [3.05, 3.63) is 35.9 Å². The van der Waals surface area contributed by atoms with E-state index in [0.29, 0.717) is 6.04 Å². The zero-order valence-corrected chi connectivity index (χ0v) is 16.2. The van der Waals surface area contributed by atoms with Gasteiger partial charge in [-0.1, -0.05) is 36.8 Å². The summed E-state index contributed by atoms with van der Waals surface area (Å²) in [7, 11) is 0. The Kier molecular flexibility index (Phi) is 7.32. The van der Waals surface area contributed by atoms with Crippen LogP contribution < -0.4 is 5.32 Å². The molecule has 2 saturated heterocycles. The SMILES string of the molecule is CC(c1ccccc1)N1CCN(C(=O)NCCCN2CCCCC2)CC1. The molecule has 1 unspecified atom stereocenters. The van der Waals surface area contributed by atoms with E-state index >= 15 is 0 Å². The number of carbonyl (C=O) groups excluding carboxylic acids is 1. The average molecular weight is 359 g/mol. The normalized spacial score (nSPS) is 20.7. The van der Waals surface area contributed by atoms with Crippen molar-refractivity contribution >= 4 is 6.03 Å². The highest BCUT2D eigenvalue weighted by Gasteiger charge is 2.24. The topological polar surface area (TPSA) is 38.8 Å². The predicted molar refractivity (Wildman–Crippen MR) is 106 cm³/mol. The lowest BCUT2D eigenvalue weighted by atomic mass is 10.1. The molecule has 1 N–H and O–H groups in total. The number of rotatable bonds is 6. The van der Waals surface area contributed by atoms with Gasteiger partial charge in [-0.2, -0.15) is 0 Å². The molecule has 144 valence electrons. The van der Waals surface area contributed by atoms with Crippen LogP contribution in [-0.2, 0) is 0 Å². The third kappa shape index (κ3) is 5.45. The van der Waals surface area contributed by atoms with Gasteiger partial charge in [-0.3, -0.25) is 4.90 Å². The van der Waals surface area contributed by atoms with Gasteiger partial charge in [0, 0.05) is 38.8 Å². The fourth-order valence-electron chi connectivity index (χ4n) is 4.05. The Hall–Kier alpha value is -1.59. The van der Waals surface area contributed by atoms with Gasteiger partial charge in [0.2, 0.25) is 0 Å². The van der Waals surface area contributed by atoms with E-state index in [2.05, 4.69) is 52.4 Å². The summed E-state index contributed by atoms with van der Waals surface area (Å²) in [4.78, 5) is 19.3. The van der Waals surface area contributed by atoms with Gasteiger partial charge in [0.25, 0.3) is 0 Å². The lowest BCUT2D eigenvalue weighted by Crippen LogP contribution is -2.52. The van der Waals surface area contributed by atoms with Crippen LogP contribution in [0.1, 0.15) is 44.2 Å². The van der Waals surface area contributed by atoms with Gasteiger partial charge in [-0.15, -0.1) is 0 Å². The van der Waals surface area contributed by atoms with Crippen LogP contribution in [0.15, 0.2) is 30.3 Å². The number of nitrogens with one attached hydrogen (secondary N) is 1. The highest BCUT2D eigenvalue weighted by atomic mass is 16.2. The average Bonchev–Trinajstić information content (AvgIpc) is 2.72. The second-order valence-corrected chi connectivity index (χ2v) is 7.60. The number of benzene rings is 1. The summed E-state index contributed by atoms with van der Waals surface area (Å²) in [6, 6.07) is 11.1. The van der Waals surface area contributed by atoms with E-state index in [1.54, 1.807) is 0 Å². The van der Waals surface area contributed by atoms with Gasteiger partial charge in [0.05, 0.1) is 0 Å². The minimum absolute atomic E-state index is 0.107. The molecular weight excluding hydrogens is 324 g/mol. The molecule has 1 atom stereocenters. The molecule has 0 spiro atoms. The van der Waals surface area contributed by atoms with Crippen LogP contribution in [-0.4, -0.2) is 73.1 Å². The van der Waals surface area contributed by atoms with Gasteiger partial charge in [-0.25, -0.2) is 4.79 Å². The largest absolute Gasteiger partial charge is 0.338 e. The van der Waals surface area contributed by atoms with Crippen molar-refractivity contribution in [1.29, 1.82) is 0 Å². The Labute approximate surface area is 158 Å². The number of hydrogen-bond donors (Lipinski definition) is 1. The number of likely N-dealkylation sites (tertiary alicyclic amines) is 1. The maximum Gasteiger partial charge on any atom is 0.317 e. The number of piperidine rings is 1. The summed E-state index contributed by atoms with van der Waals surface area (Å²) in [5.74, 6) is 0. The highest BCUT2D eigenvalue weighted by Crippen LogP contribution is 2.21. The minimum atomic E-state index is 0.107. The van der Waals surface area contributed by atoms with E-state index in [-0.39, 0.29) is 6.03 Å². The second kappa shape index (κ2) is 9.93.